The smallest absolute Gasteiger partial charge is 0.250 e. The van der Waals surface area contributed by atoms with E-state index in [1.165, 1.54) is 0 Å². The summed E-state index contributed by atoms with van der Waals surface area (Å²) in [7, 11) is 0. The van der Waals surface area contributed by atoms with E-state index in [2.05, 4.69) is 10.6 Å². The third-order valence-corrected chi connectivity index (χ3v) is 3.34. The van der Waals surface area contributed by atoms with Crippen molar-refractivity contribution in [3.05, 3.63) is 58.6 Å². The number of hydrogen-bond acceptors (Lipinski definition) is 3. The van der Waals surface area contributed by atoms with E-state index in [4.69, 9.17) is 17.3 Å². The van der Waals surface area contributed by atoms with Gasteiger partial charge in [0.1, 0.15) is 0 Å². The fourth-order valence-electron chi connectivity index (χ4n) is 1.95. The Morgan fingerprint density at radius 1 is 1.14 bits per heavy atom. The number of carbonyl (C=O) groups is 2. The molecule has 0 unspecified atom stereocenters. The van der Waals surface area contributed by atoms with Crippen LogP contribution in [0.5, 0.6) is 0 Å². The number of aryl methyl sites for hydroxylation is 1. The minimum atomic E-state index is -0.547. The molecule has 5 nitrogen and oxygen atoms in total. The lowest BCUT2D eigenvalue weighted by Crippen LogP contribution is -2.23. The number of para-hydroxylation sites is 1. The molecule has 0 radical (unpaired) electrons. The van der Waals surface area contributed by atoms with Crippen molar-refractivity contribution in [1.82, 2.24) is 0 Å². The van der Waals surface area contributed by atoms with Crippen molar-refractivity contribution >= 4 is 34.8 Å². The fraction of sp³-hybridized carbons (Fsp3) is 0.125. The molecule has 0 bridgehead atoms. The van der Waals surface area contributed by atoms with Crippen LogP contribution in [0.2, 0.25) is 5.02 Å². The number of halogens is 1. The number of carbonyl (C=O) groups excluding carboxylic acids is 2. The van der Waals surface area contributed by atoms with E-state index in [0.29, 0.717) is 22.0 Å². The molecule has 0 aliphatic rings. The lowest BCUT2D eigenvalue weighted by molar-refractivity contribution is -0.114. The van der Waals surface area contributed by atoms with Crippen LogP contribution >= 0.6 is 11.6 Å². The molecule has 2 amide bonds. The number of nitrogens with two attached hydrogens (primary N) is 1. The minimum Gasteiger partial charge on any atom is -0.376 e. The van der Waals surface area contributed by atoms with Crippen LogP contribution in [0.4, 0.5) is 11.4 Å². The van der Waals surface area contributed by atoms with E-state index in [9.17, 15) is 9.59 Å². The number of anilines is 2. The molecule has 0 aliphatic carbocycles. The van der Waals surface area contributed by atoms with Gasteiger partial charge in [0.25, 0.3) is 5.91 Å². The predicted molar refractivity (Wildman–Crippen MR) is 88.3 cm³/mol. The van der Waals surface area contributed by atoms with Gasteiger partial charge in [-0.2, -0.15) is 0 Å². The lowest BCUT2D eigenvalue weighted by Gasteiger charge is -2.11. The van der Waals surface area contributed by atoms with Crippen molar-refractivity contribution in [2.24, 2.45) is 5.73 Å². The van der Waals surface area contributed by atoms with Gasteiger partial charge in [0.2, 0.25) is 5.91 Å². The quantitative estimate of drug-likeness (QED) is 0.792. The van der Waals surface area contributed by atoms with E-state index in [-0.39, 0.29) is 12.5 Å². The summed E-state index contributed by atoms with van der Waals surface area (Å²) in [6.07, 6.45) is 0. The molecule has 0 aliphatic heterocycles. The first-order valence-electron chi connectivity index (χ1n) is 6.66. The summed E-state index contributed by atoms with van der Waals surface area (Å²) in [5.74, 6) is -0.793. The van der Waals surface area contributed by atoms with Gasteiger partial charge in [-0.15, -0.1) is 0 Å². The monoisotopic (exact) mass is 317 g/mol. The molecule has 0 saturated carbocycles. The highest BCUT2D eigenvalue weighted by Crippen LogP contribution is 2.20. The van der Waals surface area contributed by atoms with Gasteiger partial charge in [-0.25, -0.2) is 0 Å². The predicted octanol–water partition coefficient (Wildman–Crippen LogP) is 2.80. The molecule has 0 heterocycles. The number of hydrogen-bond donors (Lipinski definition) is 3. The normalized spacial score (nSPS) is 10.1. The van der Waals surface area contributed by atoms with E-state index in [1.807, 2.05) is 13.0 Å². The van der Waals surface area contributed by atoms with Crippen molar-refractivity contribution in [3.8, 4) is 0 Å². The van der Waals surface area contributed by atoms with Crippen LogP contribution in [0.1, 0.15) is 15.9 Å². The molecule has 0 saturated heterocycles. The maximum absolute atomic E-state index is 12.0. The Labute approximate surface area is 133 Å². The molecule has 114 valence electrons. The summed E-state index contributed by atoms with van der Waals surface area (Å²) < 4.78 is 0. The molecular formula is C16H16ClN3O2. The molecule has 4 N–H and O–H groups in total. The average molecular weight is 318 g/mol. The van der Waals surface area contributed by atoms with Crippen LogP contribution in [0, 0.1) is 6.92 Å². The van der Waals surface area contributed by atoms with E-state index in [1.54, 1.807) is 36.4 Å². The fourth-order valence-corrected chi connectivity index (χ4v) is 2.12. The van der Waals surface area contributed by atoms with Crippen molar-refractivity contribution in [1.29, 1.82) is 0 Å². The van der Waals surface area contributed by atoms with Crippen molar-refractivity contribution < 1.29 is 9.59 Å². The molecule has 0 aromatic heterocycles. The second kappa shape index (κ2) is 6.95. The Bertz CT molecular complexity index is 716. The van der Waals surface area contributed by atoms with Crippen LogP contribution in [0.15, 0.2) is 42.5 Å². The first-order valence-corrected chi connectivity index (χ1v) is 7.04. The Balaban J connectivity index is 2.02. The zero-order valence-corrected chi connectivity index (χ0v) is 12.8. The molecule has 0 spiro atoms. The number of primary amides is 1. The van der Waals surface area contributed by atoms with E-state index < -0.39 is 5.91 Å². The van der Waals surface area contributed by atoms with Crippen LogP contribution in [0.25, 0.3) is 0 Å². The zero-order chi connectivity index (χ0) is 16.1. The van der Waals surface area contributed by atoms with Crippen LogP contribution in [0.3, 0.4) is 0 Å². The lowest BCUT2D eigenvalue weighted by atomic mass is 10.1. The maximum atomic E-state index is 12.0. The van der Waals surface area contributed by atoms with Crippen molar-refractivity contribution in [3.63, 3.8) is 0 Å². The van der Waals surface area contributed by atoms with E-state index >= 15 is 0 Å². The Morgan fingerprint density at radius 3 is 2.59 bits per heavy atom. The summed E-state index contributed by atoms with van der Waals surface area (Å²) >= 11 is 5.91. The summed E-state index contributed by atoms with van der Waals surface area (Å²) in [5.41, 5.74) is 7.72. The third-order valence-electron chi connectivity index (χ3n) is 3.11. The highest BCUT2D eigenvalue weighted by molar-refractivity contribution is 6.31. The highest BCUT2D eigenvalue weighted by Gasteiger charge is 2.09. The van der Waals surface area contributed by atoms with Crippen LogP contribution < -0.4 is 16.4 Å². The molecule has 2 aromatic carbocycles. The van der Waals surface area contributed by atoms with Gasteiger partial charge in [0.15, 0.2) is 0 Å². The number of rotatable bonds is 5. The Kier molecular flexibility index (Phi) is 5.01. The Morgan fingerprint density at radius 2 is 1.86 bits per heavy atom. The second-order valence-corrected chi connectivity index (χ2v) is 5.21. The second-order valence-electron chi connectivity index (χ2n) is 4.77. The summed E-state index contributed by atoms with van der Waals surface area (Å²) in [6.45, 7) is 1.89. The number of benzene rings is 2. The van der Waals surface area contributed by atoms with Gasteiger partial charge in [-0.05, 0) is 36.8 Å². The maximum Gasteiger partial charge on any atom is 0.250 e. The number of amides is 2. The number of nitrogens with one attached hydrogen (secondary N) is 2. The van der Waals surface area contributed by atoms with Gasteiger partial charge < -0.3 is 16.4 Å². The SMILES string of the molecule is Cc1ccc(Cl)cc1NC(=O)CNc1ccccc1C(N)=O. The summed E-state index contributed by atoms with van der Waals surface area (Å²) in [4.78, 5) is 23.3. The van der Waals surface area contributed by atoms with Gasteiger partial charge in [-0.1, -0.05) is 29.8 Å². The molecule has 2 rings (SSSR count). The van der Waals surface area contributed by atoms with E-state index in [0.717, 1.165) is 5.56 Å². The van der Waals surface area contributed by atoms with Crippen LogP contribution in [-0.4, -0.2) is 18.4 Å². The first-order chi connectivity index (χ1) is 10.5. The topological polar surface area (TPSA) is 84.2 Å². The summed E-state index contributed by atoms with van der Waals surface area (Å²) in [6, 6.07) is 12.0. The minimum absolute atomic E-state index is 0.0102. The molecule has 0 atom stereocenters. The molecule has 6 heteroatoms. The molecule has 2 aromatic rings. The van der Waals surface area contributed by atoms with Gasteiger partial charge in [0, 0.05) is 16.4 Å². The third kappa shape index (κ3) is 3.99. The average Bonchev–Trinajstić information content (AvgIpc) is 2.49. The van der Waals surface area contributed by atoms with Gasteiger partial charge >= 0.3 is 0 Å². The van der Waals surface area contributed by atoms with Crippen molar-refractivity contribution in [2.45, 2.75) is 6.92 Å². The molecule has 22 heavy (non-hydrogen) atoms. The van der Waals surface area contributed by atoms with Crippen LogP contribution in [-0.2, 0) is 4.79 Å². The standard InChI is InChI=1S/C16H16ClN3O2/c1-10-6-7-11(17)8-14(10)20-15(21)9-19-13-5-3-2-4-12(13)16(18)22/h2-8,19H,9H2,1H3,(H2,18,22)(H,20,21). The largest absolute Gasteiger partial charge is 0.376 e. The first kappa shape index (κ1) is 15.9. The van der Waals surface area contributed by atoms with Gasteiger partial charge in [0.05, 0.1) is 12.1 Å². The molecule has 0 fully saturated rings. The highest BCUT2D eigenvalue weighted by atomic mass is 35.5. The van der Waals surface area contributed by atoms with Gasteiger partial charge in [-0.3, -0.25) is 9.59 Å². The Hall–Kier alpha value is -2.53. The van der Waals surface area contributed by atoms with Crippen molar-refractivity contribution in [2.75, 3.05) is 17.2 Å². The molecular weight excluding hydrogens is 302 g/mol. The summed E-state index contributed by atoms with van der Waals surface area (Å²) in [5, 5.41) is 6.22. The zero-order valence-electron chi connectivity index (χ0n) is 12.0.